The molecule has 0 atom stereocenters. The van der Waals surface area contributed by atoms with Gasteiger partial charge in [-0.05, 0) is 25.0 Å². The maximum Gasteiger partial charge on any atom is 0.0964 e. The van der Waals surface area contributed by atoms with Gasteiger partial charge in [-0.25, -0.2) is 0 Å². The van der Waals surface area contributed by atoms with Crippen molar-refractivity contribution >= 4 is 0 Å². The highest BCUT2D eigenvalue weighted by atomic mass is 16.5. The lowest BCUT2D eigenvalue weighted by atomic mass is 10.1. The van der Waals surface area contributed by atoms with Crippen LogP contribution in [-0.4, -0.2) is 7.11 Å². The second-order valence-electron chi connectivity index (χ2n) is 2.56. The van der Waals surface area contributed by atoms with Gasteiger partial charge in [0, 0.05) is 6.42 Å². The van der Waals surface area contributed by atoms with E-state index in [0.29, 0.717) is 0 Å². The molecule has 0 aliphatic heterocycles. The predicted molar refractivity (Wildman–Crippen MR) is 47.2 cm³/mol. The third kappa shape index (κ3) is 2.26. The van der Waals surface area contributed by atoms with Gasteiger partial charge in [0.25, 0.3) is 0 Å². The van der Waals surface area contributed by atoms with Gasteiger partial charge in [-0.1, -0.05) is 18.2 Å². The Kier molecular flexibility index (Phi) is 2.96. The van der Waals surface area contributed by atoms with Gasteiger partial charge in [-0.15, -0.1) is 0 Å². The number of ether oxygens (including phenoxy) is 1. The Morgan fingerprint density at radius 3 is 3.00 bits per heavy atom. The summed E-state index contributed by atoms with van der Waals surface area (Å²) in [6, 6.07) is 0. The van der Waals surface area contributed by atoms with Crippen LogP contribution in [-0.2, 0) is 4.74 Å². The van der Waals surface area contributed by atoms with Crippen LogP contribution in [0.1, 0.15) is 19.8 Å². The Bertz CT molecular complexity index is 209. The summed E-state index contributed by atoms with van der Waals surface area (Å²) in [5.41, 5.74) is 1.26. The molecule has 0 N–H and O–H groups in total. The lowest BCUT2D eigenvalue weighted by Gasteiger charge is -2.09. The van der Waals surface area contributed by atoms with Crippen LogP contribution in [0.15, 0.2) is 35.6 Å². The Hall–Kier alpha value is -0.980. The zero-order valence-electron chi connectivity index (χ0n) is 7.13. The summed E-state index contributed by atoms with van der Waals surface area (Å²) < 4.78 is 5.15. The van der Waals surface area contributed by atoms with Crippen LogP contribution in [0, 0.1) is 0 Å². The van der Waals surface area contributed by atoms with Crippen molar-refractivity contribution in [1.29, 1.82) is 0 Å². The van der Waals surface area contributed by atoms with Crippen LogP contribution in [0.5, 0.6) is 0 Å². The van der Waals surface area contributed by atoms with Crippen LogP contribution in [0.3, 0.4) is 0 Å². The summed E-state index contributed by atoms with van der Waals surface area (Å²) in [6.07, 6.45) is 10.6. The molecule has 0 radical (unpaired) electrons. The Labute approximate surface area is 68.1 Å². The standard InChI is InChI=1S/C10H14O/c1-3-5-9-6-4-7-10(8-9)11-2/h3,5-6,8H,4,7H2,1-2H3. The molecular weight excluding hydrogens is 136 g/mol. The lowest BCUT2D eigenvalue weighted by molar-refractivity contribution is 0.276. The molecule has 0 saturated carbocycles. The highest BCUT2D eigenvalue weighted by Gasteiger charge is 2.01. The molecule has 1 aliphatic rings. The Balaban J connectivity index is 2.68. The number of rotatable bonds is 2. The van der Waals surface area contributed by atoms with Gasteiger partial charge in [0.05, 0.1) is 12.9 Å². The van der Waals surface area contributed by atoms with Crippen LogP contribution < -0.4 is 0 Å². The molecule has 1 nitrogen and oxygen atoms in total. The molecular formula is C10H14O. The molecule has 1 aliphatic carbocycles. The molecule has 0 heterocycles. The number of methoxy groups -OCH3 is 1. The third-order valence-corrected chi connectivity index (χ3v) is 1.72. The minimum Gasteiger partial charge on any atom is -0.501 e. The van der Waals surface area contributed by atoms with E-state index in [1.807, 2.05) is 13.0 Å². The summed E-state index contributed by atoms with van der Waals surface area (Å²) in [6.45, 7) is 2.02. The molecule has 0 saturated heterocycles. The Morgan fingerprint density at radius 1 is 1.55 bits per heavy atom. The first kappa shape index (κ1) is 8.12. The highest BCUT2D eigenvalue weighted by molar-refractivity contribution is 5.34. The van der Waals surface area contributed by atoms with Gasteiger partial charge in [0.2, 0.25) is 0 Å². The van der Waals surface area contributed by atoms with Gasteiger partial charge in [0.1, 0.15) is 0 Å². The monoisotopic (exact) mass is 150 g/mol. The predicted octanol–water partition coefficient (Wildman–Crippen LogP) is 2.81. The molecule has 0 spiro atoms. The van der Waals surface area contributed by atoms with Crippen molar-refractivity contribution in [2.75, 3.05) is 7.11 Å². The summed E-state index contributed by atoms with van der Waals surface area (Å²) >= 11 is 0. The first-order valence-corrected chi connectivity index (χ1v) is 3.94. The fourth-order valence-corrected chi connectivity index (χ4v) is 1.17. The van der Waals surface area contributed by atoms with E-state index in [4.69, 9.17) is 4.74 Å². The van der Waals surface area contributed by atoms with Crippen LogP contribution in [0.25, 0.3) is 0 Å². The molecule has 11 heavy (non-hydrogen) atoms. The second-order valence-corrected chi connectivity index (χ2v) is 2.56. The van der Waals surface area contributed by atoms with E-state index in [9.17, 15) is 0 Å². The first-order chi connectivity index (χ1) is 5.36. The normalized spacial score (nSPS) is 18.0. The smallest absolute Gasteiger partial charge is 0.0964 e. The molecule has 0 aromatic rings. The molecule has 1 rings (SSSR count). The van der Waals surface area contributed by atoms with Gasteiger partial charge in [-0.2, -0.15) is 0 Å². The number of allylic oxidation sites excluding steroid dienone is 6. The van der Waals surface area contributed by atoms with Crippen LogP contribution in [0.4, 0.5) is 0 Å². The number of hydrogen-bond acceptors (Lipinski definition) is 1. The van der Waals surface area contributed by atoms with E-state index >= 15 is 0 Å². The molecule has 0 amide bonds. The van der Waals surface area contributed by atoms with Crippen LogP contribution in [0.2, 0.25) is 0 Å². The molecule has 0 fully saturated rings. The maximum absolute atomic E-state index is 5.15. The summed E-state index contributed by atoms with van der Waals surface area (Å²) in [7, 11) is 1.73. The summed E-state index contributed by atoms with van der Waals surface area (Å²) in [4.78, 5) is 0. The summed E-state index contributed by atoms with van der Waals surface area (Å²) in [5.74, 6) is 1.08. The van der Waals surface area contributed by atoms with Crippen molar-refractivity contribution in [1.82, 2.24) is 0 Å². The van der Waals surface area contributed by atoms with Crippen molar-refractivity contribution in [2.45, 2.75) is 19.8 Å². The SMILES string of the molecule is CC=CC1=CCCC(OC)=C1. The maximum atomic E-state index is 5.15. The average Bonchev–Trinajstić information content (AvgIpc) is 2.06. The molecule has 0 bridgehead atoms. The van der Waals surface area contributed by atoms with E-state index < -0.39 is 0 Å². The molecule has 0 aromatic carbocycles. The quantitative estimate of drug-likeness (QED) is 0.588. The van der Waals surface area contributed by atoms with Crippen LogP contribution >= 0.6 is 0 Å². The largest absolute Gasteiger partial charge is 0.501 e. The lowest BCUT2D eigenvalue weighted by Crippen LogP contribution is -1.92. The molecule has 0 aromatic heterocycles. The third-order valence-electron chi connectivity index (χ3n) is 1.72. The van der Waals surface area contributed by atoms with E-state index in [1.165, 1.54) is 5.57 Å². The summed E-state index contributed by atoms with van der Waals surface area (Å²) in [5, 5.41) is 0. The van der Waals surface area contributed by atoms with E-state index in [2.05, 4.69) is 18.2 Å². The zero-order valence-corrected chi connectivity index (χ0v) is 7.13. The van der Waals surface area contributed by atoms with Crippen molar-refractivity contribution < 1.29 is 4.74 Å². The average molecular weight is 150 g/mol. The van der Waals surface area contributed by atoms with Gasteiger partial charge in [-0.3, -0.25) is 0 Å². The van der Waals surface area contributed by atoms with E-state index in [1.54, 1.807) is 7.11 Å². The number of hydrogen-bond donors (Lipinski definition) is 0. The molecule has 1 heteroatoms. The minimum absolute atomic E-state index is 1.04. The molecule has 60 valence electrons. The second kappa shape index (κ2) is 4.02. The van der Waals surface area contributed by atoms with E-state index in [-0.39, 0.29) is 0 Å². The zero-order chi connectivity index (χ0) is 8.10. The molecule has 0 unspecified atom stereocenters. The fraction of sp³-hybridized carbons (Fsp3) is 0.400. The van der Waals surface area contributed by atoms with Crippen molar-refractivity contribution in [3.05, 3.63) is 35.6 Å². The van der Waals surface area contributed by atoms with Gasteiger partial charge >= 0.3 is 0 Å². The van der Waals surface area contributed by atoms with Gasteiger partial charge < -0.3 is 4.74 Å². The topological polar surface area (TPSA) is 9.23 Å². The Morgan fingerprint density at radius 2 is 2.36 bits per heavy atom. The van der Waals surface area contributed by atoms with Crippen molar-refractivity contribution in [2.24, 2.45) is 0 Å². The first-order valence-electron chi connectivity index (χ1n) is 3.94. The fourth-order valence-electron chi connectivity index (χ4n) is 1.17. The highest BCUT2D eigenvalue weighted by Crippen LogP contribution is 2.17. The van der Waals surface area contributed by atoms with Crippen molar-refractivity contribution in [3.63, 3.8) is 0 Å². The van der Waals surface area contributed by atoms with E-state index in [0.717, 1.165) is 18.6 Å². The van der Waals surface area contributed by atoms with Gasteiger partial charge in [0.15, 0.2) is 0 Å². The minimum atomic E-state index is 1.04. The van der Waals surface area contributed by atoms with Crippen molar-refractivity contribution in [3.8, 4) is 0 Å².